The van der Waals surface area contributed by atoms with Crippen LogP contribution in [0.4, 0.5) is 0 Å². The van der Waals surface area contributed by atoms with Crippen LogP contribution in [0.1, 0.15) is 78.1 Å². The molecule has 24 heavy (non-hydrogen) atoms. The van der Waals surface area contributed by atoms with Crippen molar-refractivity contribution in [3.8, 4) is 0 Å². The van der Waals surface area contributed by atoms with Crippen LogP contribution in [0.2, 0.25) is 0 Å². The molecule has 0 saturated heterocycles. The van der Waals surface area contributed by atoms with Gasteiger partial charge < -0.3 is 15.3 Å². The van der Waals surface area contributed by atoms with Gasteiger partial charge in [0.1, 0.15) is 0 Å². The van der Waals surface area contributed by atoms with Crippen LogP contribution in [0.25, 0.3) is 0 Å². The molecule has 0 aromatic rings. The quantitative estimate of drug-likeness (QED) is 0.525. The zero-order valence-electron chi connectivity index (χ0n) is 15.3. The molecule has 1 unspecified atom stereocenters. The summed E-state index contributed by atoms with van der Waals surface area (Å²) in [6.07, 6.45) is 12.9. The first kappa shape index (κ1) is 16.6. The molecule has 0 heterocycles. The number of allylic oxidation sites excluding steroid dienone is 1. The summed E-state index contributed by atoms with van der Waals surface area (Å²) in [5.74, 6) is 2.13. The molecule has 0 spiro atoms. The molecule has 0 aromatic carbocycles. The Bertz CT molecular complexity index is 537. The van der Waals surface area contributed by atoms with Gasteiger partial charge in [-0.1, -0.05) is 26.7 Å². The van der Waals surface area contributed by atoms with Crippen LogP contribution in [0, 0.1) is 40.4 Å². The van der Waals surface area contributed by atoms with E-state index < -0.39 is 5.95 Å². The third kappa shape index (κ3) is 2.15. The number of rotatable bonds is 1. The highest BCUT2D eigenvalue weighted by Crippen LogP contribution is 2.68. The number of hydrogen-bond donors (Lipinski definition) is 3. The Morgan fingerprint density at radius 1 is 0.750 bits per heavy atom. The van der Waals surface area contributed by atoms with Gasteiger partial charge in [0.25, 0.3) is 0 Å². The molecule has 7 atom stereocenters. The third-order valence-electron chi connectivity index (χ3n) is 9.14. The van der Waals surface area contributed by atoms with Crippen molar-refractivity contribution in [2.24, 2.45) is 40.4 Å². The van der Waals surface area contributed by atoms with Gasteiger partial charge in [-0.3, -0.25) is 0 Å². The molecule has 4 rings (SSSR count). The lowest BCUT2D eigenvalue weighted by atomic mass is 9.45. The van der Waals surface area contributed by atoms with E-state index in [1.54, 1.807) is 0 Å². The van der Waals surface area contributed by atoms with Crippen LogP contribution in [0.15, 0.2) is 11.7 Å². The summed E-state index contributed by atoms with van der Waals surface area (Å²) in [6.45, 7) is 4.89. The first-order valence-electron chi connectivity index (χ1n) is 10.2. The molecule has 136 valence electrons. The molecule has 0 amide bonds. The highest BCUT2D eigenvalue weighted by Gasteiger charge is 2.60. The predicted octanol–water partition coefficient (Wildman–Crippen LogP) is 5.88. The molecule has 4 fully saturated rings. The van der Waals surface area contributed by atoms with E-state index in [2.05, 4.69) is 13.8 Å². The van der Waals surface area contributed by atoms with Gasteiger partial charge >= 0.3 is 5.95 Å². The van der Waals surface area contributed by atoms with Gasteiger partial charge in [0, 0.05) is 5.92 Å². The van der Waals surface area contributed by atoms with Crippen LogP contribution >= 0.6 is 0 Å². The monoisotopic (exact) mass is 334 g/mol. The Kier molecular flexibility index (Phi) is 3.85. The zero-order chi connectivity index (χ0) is 17.1. The van der Waals surface area contributed by atoms with Crippen LogP contribution in [-0.2, 0) is 0 Å². The van der Waals surface area contributed by atoms with E-state index in [1.807, 2.05) is 0 Å². The van der Waals surface area contributed by atoms with Crippen molar-refractivity contribution in [3.05, 3.63) is 11.7 Å². The van der Waals surface area contributed by atoms with Gasteiger partial charge in [0.15, 0.2) is 5.76 Å². The van der Waals surface area contributed by atoms with E-state index in [1.165, 1.54) is 44.9 Å². The van der Waals surface area contributed by atoms with Gasteiger partial charge in [0.2, 0.25) is 0 Å². The molecule has 4 aliphatic carbocycles. The van der Waals surface area contributed by atoms with Gasteiger partial charge in [-0.25, -0.2) is 0 Å². The van der Waals surface area contributed by atoms with Crippen molar-refractivity contribution in [2.45, 2.75) is 78.1 Å². The Hall–Kier alpha value is -0.860. The van der Waals surface area contributed by atoms with Crippen LogP contribution < -0.4 is 0 Å². The maximum Gasteiger partial charge on any atom is 0.313 e. The van der Waals surface area contributed by atoms with E-state index in [0.717, 1.165) is 37.0 Å². The molecule has 0 aliphatic heterocycles. The Labute approximate surface area is 146 Å². The average Bonchev–Trinajstić information content (AvgIpc) is 2.90. The van der Waals surface area contributed by atoms with Gasteiger partial charge in [0.05, 0.1) is 0 Å². The lowest BCUT2D eigenvalue weighted by molar-refractivity contribution is -0.111. The Morgan fingerprint density at radius 2 is 1.50 bits per heavy atom. The number of fused-ring (bicyclic) bond motifs is 5. The highest BCUT2D eigenvalue weighted by atomic mass is 16.5. The van der Waals surface area contributed by atoms with E-state index in [4.69, 9.17) is 0 Å². The van der Waals surface area contributed by atoms with Crippen molar-refractivity contribution >= 4 is 0 Å². The summed E-state index contributed by atoms with van der Waals surface area (Å²) in [6, 6.07) is 0. The van der Waals surface area contributed by atoms with Gasteiger partial charge in [-0.15, -0.1) is 0 Å². The van der Waals surface area contributed by atoms with Crippen molar-refractivity contribution in [2.75, 3.05) is 0 Å². The molecule has 3 N–H and O–H groups in total. The van der Waals surface area contributed by atoms with Crippen molar-refractivity contribution < 1.29 is 15.3 Å². The highest BCUT2D eigenvalue weighted by molar-refractivity contribution is 5.14. The lowest BCUT2D eigenvalue weighted by Crippen LogP contribution is -2.52. The second-order valence-electron chi connectivity index (χ2n) is 9.79. The summed E-state index contributed by atoms with van der Waals surface area (Å²) >= 11 is 0. The standard InChI is InChI=1S/C21H34O3/c1-20-11-4-3-5-13(20)6-7-14-15-8-9-17(18(22)19(23)24)21(15,2)12-10-16(14)20/h13-17,22-24H,3-12H2,1-2H3/t13?,14-,15-,16-,17+,20-,21-/m0/s1. The van der Waals surface area contributed by atoms with Crippen LogP contribution in [0.3, 0.4) is 0 Å². The minimum absolute atomic E-state index is 0.0415. The number of aliphatic hydroxyl groups excluding tert-OH is 2. The normalized spacial score (nSPS) is 50.5. The van der Waals surface area contributed by atoms with Crippen LogP contribution in [0.5, 0.6) is 0 Å². The first-order chi connectivity index (χ1) is 11.4. The molecule has 4 aliphatic rings. The van der Waals surface area contributed by atoms with E-state index in [0.29, 0.717) is 11.3 Å². The minimum Gasteiger partial charge on any atom is -0.505 e. The Balaban J connectivity index is 1.63. The summed E-state index contributed by atoms with van der Waals surface area (Å²) in [5, 5.41) is 29.0. The van der Waals surface area contributed by atoms with Gasteiger partial charge in [-0.05, 0) is 85.9 Å². The fourth-order valence-electron chi connectivity index (χ4n) is 7.90. The summed E-state index contributed by atoms with van der Waals surface area (Å²) < 4.78 is 0. The van der Waals surface area contributed by atoms with Gasteiger partial charge in [-0.2, -0.15) is 0 Å². The summed E-state index contributed by atoms with van der Waals surface area (Å²) in [4.78, 5) is 0. The SMILES string of the molecule is C[C@]12CC[C@H]3[C@@H](CCC4CCCC[C@@]43C)[C@@H]1CC[C@@H]2C(O)=C(O)O. The fraction of sp³-hybridized carbons (Fsp3) is 0.905. The molecule has 0 radical (unpaired) electrons. The topological polar surface area (TPSA) is 60.7 Å². The fourth-order valence-corrected chi connectivity index (χ4v) is 7.90. The number of hydrogen-bond acceptors (Lipinski definition) is 3. The maximum atomic E-state index is 10.2. The smallest absolute Gasteiger partial charge is 0.313 e. The summed E-state index contributed by atoms with van der Waals surface area (Å²) in [5.41, 5.74) is 0.581. The second kappa shape index (κ2) is 5.57. The maximum absolute atomic E-state index is 10.2. The van der Waals surface area contributed by atoms with Crippen molar-refractivity contribution in [1.29, 1.82) is 0 Å². The average molecular weight is 334 g/mol. The molecule has 0 bridgehead atoms. The third-order valence-corrected chi connectivity index (χ3v) is 9.14. The molecular weight excluding hydrogens is 300 g/mol. The molecule has 4 saturated carbocycles. The van der Waals surface area contributed by atoms with Crippen molar-refractivity contribution in [1.82, 2.24) is 0 Å². The first-order valence-corrected chi connectivity index (χ1v) is 10.2. The minimum atomic E-state index is -0.855. The Morgan fingerprint density at radius 3 is 2.25 bits per heavy atom. The molecule has 3 nitrogen and oxygen atoms in total. The predicted molar refractivity (Wildman–Crippen MR) is 94.7 cm³/mol. The van der Waals surface area contributed by atoms with Crippen molar-refractivity contribution in [3.63, 3.8) is 0 Å². The largest absolute Gasteiger partial charge is 0.505 e. The second-order valence-corrected chi connectivity index (χ2v) is 9.79. The van der Waals surface area contributed by atoms with E-state index >= 15 is 0 Å². The molecule has 3 heteroatoms. The number of aliphatic hydroxyl groups is 3. The lowest BCUT2D eigenvalue weighted by Gasteiger charge is -2.60. The zero-order valence-corrected chi connectivity index (χ0v) is 15.3. The van der Waals surface area contributed by atoms with E-state index in [9.17, 15) is 15.3 Å². The summed E-state index contributed by atoms with van der Waals surface area (Å²) in [7, 11) is 0. The van der Waals surface area contributed by atoms with E-state index in [-0.39, 0.29) is 17.1 Å². The van der Waals surface area contributed by atoms with Crippen LogP contribution in [-0.4, -0.2) is 15.3 Å². The molecular formula is C21H34O3. The molecule has 0 aromatic heterocycles.